The van der Waals surface area contributed by atoms with E-state index in [0.717, 1.165) is 40.3 Å². The van der Waals surface area contributed by atoms with Gasteiger partial charge in [-0.2, -0.15) is 0 Å². The van der Waals surface area contributed by atoms with Crippen LogP contribution in [0.3, 0.4) is 0 Å². The van der Waals surface area contributed by atoms with Gasteiger partial charge in [0.1, 0.15) is 5.75 Å². The third-order valence-electron chi connectivity index (χ3n) is 2.86. The summed E-state index contributed by atoms with van der Waals surface area (Å²) in [6.07, 6.45) is 2.44. The number of ether oxygens (including phenoxy) is 1. The molecule has 0 spiro atoms. The van der Waals surface area contributed by atoms with Crippen LogP contribution in [0.15, 0.2) is 6.07 Å². The van der Waals surface area contributed by atoms with Crippen LogP contribution in [0.4, 0.5) is 0 Å². The number of rotatable bonds is 6. The Balaban J connectivity index is 3.08. The maximum Gasteiger partial charge on any atom is 0.123 e. The Bertz CT molecular complexity index is 446. The molecule has 0 radical (unpaired) electrons. The molecule has 0 atom stereocenters. The molecule has 1 aromatic rings. The molecule has 0 bridgehead atoms. The lowest BCUT2D eigenvalue weighted by Gasteiger charge is -2.16. The average molecular weight is 286 g/mol. The molecule has 0 heterocycles. The van der Waals surface area contributed by atoms with Crippen molar-refractivity contribution in [1.82, 2.24) is 0 Å². The molecule has 0 aliphatic rings. The van der Waals surface area contributed by atoms with Crippen LogP contribution >= 0.6 is 23.8 Å². The molecule has 0 aliphatic carbocycles. The van der Waals surface area contributed by atoms with Crippen molar-refractivity contribution in [2.24, 2.45) is 5.73 Å². The van der Waals surface area contributed by atoms with E-state index in [9.17, 15) is 0 Å². The highest BCUT2D eigenvalue weighted by atomic mass is 35.5. The number of thiocarbonyl (C=S) groups is 1. The van der Waals surface area contributed by atoms with Crippen molar-refractivity contribution < 1.29 is 4.74 Å². The predicted molar refractivity (Wildman–Crippen MR) is 81.8 cm³/mol. The van der Waals surface area contributed by atoms with Gasteiger partial charge < -0.3 is 10.5 Å². The summed E-state index contributed by atoms with van der Waals surface area (Å²) < 4.78 is 5.79. The van der Waals surface area contributed by atoms with Gasteiger partial charge in [-0.15, -0.1) is 0 Å². The number of benzene rings is 1. The van der Waals surface area contributed by atoms with Gasteiger partial charge in [-0.1, -0.05) is 30.7 Å². The van der Waals surface area contributed by atoms with Gasteiger partial charge in [0.2, 0.25) is 0 Å². The van der Waals surface area contributed by atoms with Gasteiger partial charge in [0, 0.05) is 11.4 Å². The maximum atomic E-state index is 6.28. The van der Waals surface area contributed by atoms with Crippen LogP contribution in [0.1, 0.15) is 36.5 Å². The normalized spacial score (nSPS) is 10.4. The van der Waals surface area contributed by atoms with Crippen molar-refractivity contribution in [2.75, 3.05) is 6.61 Å². The molecule has 0 aromatic heterocycles. The first-order valence-corrected chi connectivity index (χ1v) is 6.95. The summed E-state index contributed by atoms with van der Waals surface area (Å²) in [5, 5.41) is 0.803. The predicted octanol–water partition coefficient (Wildman–Crippen LogP) is 3.96. The molecule has 1 rings (SSSR count). The van der Waals surface area contributed by atoms with Crippen LogP contribution < -0.4 is 10.5 Å². The minimum Gasteiger partial charge on any atom is -0.493 e. The summed E-state index contributed by atoms with van der Waals surface area (Å²) >= 11 is 11.2. The van der Waals surface area contributed by atoms with Gasteiger partial charge >= 0.3 is 0 Å². The molecule has 0 saturated carbocycles. The zero-order valence-electron chi connectivity index (χ0n) is 11.2. The van der Waals surface area contributed by atoms with Crippen molar-refractivity contribution in [2.45, 2.75) is 40.0 Å². The minimum absolute atomic E-state index is 0.521. The molecule has 0 fully saturated rings. The van der Waals surface area contributed by atoms with E-state index >= 15 is 0 Å². The Labute approximate surface area is 119 Å². The summed E-state index contributed by atoms with van der Waals surface area (Å²) in [4.78, 5) is 0.521. The smallest absolute Gasteiger partial charge is 0.123 e. The number of hydrogen-bond donors (Lipinski definition) is 1. The largest absolute Gasteiger partial charge is 0.493 e. The molecule has 0 amide bonds. The fourth-order valence-electron chi connectivity index (χ4n) is 1.86. The van der Waals surface area contributed by atoms with Crippen molar-refractivity contribution >= 4 is 28.8 Å². The van der Waals surface area contributed by atoms with E-state index in [4.69, 9.17) is 34.3 Å². The minimum atomic E-state index is 0.521. The monoisotopic (exact) mass is 285 g/mol. The first-order valence-electron chi connectivity index (χ1n) is 6.17. The Hall–Kier alpha value is -0.800. The SMILES string of the molecule is CCCOc1cc(C)c(Cl)c(C)c1CCC(N)=S. The molecule has 0 unspecified atom stereocenters. The van der Waals surface area contributed by atoms with E-state index < -0.39 is 0 Å². The molecule has 0 saturated heterocycles. The molecule has 4 heteroatoms. The van der Waals surface area contributed by atoms with Crippen LogP contribution in [0.25, 0.3) is 0 Å². The van der Waals surface area contributed by atoms with E-state index in [-0.39, 0.29) is 0 Å². The van der Waals surface area contributed by atoms with Crippen LogP contribution in [0.5, 0.6) is 5.75 Å². The lowest BCUT2D eigenvalue weighted by molar-refractivity contribution is 0.314. The third-order valence-corrected chi connectivity index (χ3v) is 3.64. The van der Waals surface area contributed by atoms with Gasteiger partial charge in [0.05, 0.1) is 11.6 Å². The Morgan fingerprint density at radius 3 is 2.67 bits per heavy atom. The molecular formula is C14H20ClNOS. The zero-order valence-corrected chi connectivity index (χ0v) is 12.8. The quantitative estimate of drug-likeness (QED) is 0.804. The lowest BCUT2D eigenvalue weighted by Crippen LogP contribution is -2.10. The van der Waals surface area contributed by atoms with Crippen molar-refractivity contribution in [3.05, 3.63) is 27.8 Å². The highest BCUT2D eigenvalue weighted by Gasteiger charge is 2.13. The molecular weight excluding hydrogens is 266 g/mol. The second kappa shape index (κ2) is 6.95. The van der Waals surface area contributed by atoms with Crippen LogP contribution in [0, 0.1) is 13.8 Å². The maximum absolute atomic E-state index is 6.28. The number of aryl methyl sites for hydroxylation is 1. The van der Waals surface area contributed by atoms with Crippen molar-refractivity contribution in [3.8, 4) is 5.75 Å². The second-order valence-electron chi connectivity index (χ2n) is 4.42. The summed E-state index contributed by atoms with van der Waals surface area (Å²) in [6.45, 7) is 6.80. The van der Waals surface area contributed by atoms with E-state index in [1.807, 2.05) is 19.9 Å². The van der Waals surface area contributed by atoms with Gasteiger partial charge in [0.25, 0.3) is 0 Å². The molecule has 1 aromatic carbocycles. The molecule has 2 N–H and O–H groups in total. The highest BCUT2D eigenvalue weighted by molar-refractivity contribution is 7.80. The molecule has 18 heavy (non-hydrogen) atoms. The van der Waals surface area contributed by atoms with Gasteiger partial charge in [-0.3, -0.25) is 0 Å². The highest BCUT2D eigenvalue weighted by Crippen LogP contribution is 2.32. The van der Waals surface area contributed by atoms with Crippen molar-refractivity contribution in [3.63, 3.8) is 0 Å². The molecule has 100 valence electrons. The van der Waals surface area contributed by atoms with Crippen LogP contribution in [-0.4, -0.2) is 11.6 Å². The number of hydrogen-bond acceptors (Lipinski definition) is 2. The Morgan fingerprint density at radius 1 is 1.44 bits per heavy atom. The van der Waals surface area contributed by atoms with E-state index in [2.05, 4.69) is 6.92 Å². The lowest BCUT2D eigenvalue weighted by atomic mass is 10.00. The van der Waals surface area contributed by atoms with Crippen molar-refractivity contribution in [1.29, 1.82) is 0 Å². The average Bonchev–Trinajstić information content (AvgIpc) is 2.32. The van der Waals surface area contributed by atoms with Gasteiger partial charge in [-0.05, 0) is 49.4 Å². The van der Waals surface area contributed by atoms with Gasteiger partial charge in [0.15, 0.2) is 0 Å². The topological polar surface area (TPSA) is 35.2 Å². The summed E-state index contributed by atoms with van der Waals surface area (Å²) in [5.41, 5.74) is 8.79. The molecule has 0 aliphatic heterocycles. The number of nitrogens with two attached hydrogens (primary N) is 1. The fourth-order valence-corrected chi connectivity index (χ4v) is 2.13. The summed E-state index contributed by atoms with van der Waals surface area (Å²) in [6, 6.07) is 2.00. The van der Waals surface area contributed by atoms with E-state index in [0.29, 0.717) is 18.0 Å². The second-order valence-corrected chi connectivity index (χ2v) is 5.33. The van der Waals surface area contributed by atoms with Crippen LogP contribution in [0.2, 0.25) is 5.02 Å². The Kier molecular flexibility index (Phi) is 5.89. The first-order chi connectivity index (χ1) is 8.47. The first kappa shape index (κ1) is 15.3. The van der Waals surface area contributed by atoms with Gasteiger partial charge in [-0.25, -0.2) is 0 Å². The fraction of sp³-hybridized carbons (Fsp3) is 0.500. The molecule has 2 nitrogen and oxygen atoms in total. The summed E-state index contributed by atoms with van der Waals surface area (Å²) in [7, 11) is 0. The summed E-state index contributed by atoms with van der Waals surface area (Å²) in [5.74, 6) is 0.910. The Morgan fingerprint density at radius 2 is 2.11 bits per heavy atom. The van der Waals surface area contributed by atoms with Crippen LogP contribution in [-0.2, 0) is 6.42 Å². The van der Waals surface area contributed by atoms with E-state index in [1.54, 1.807) is 0 Å². The van der Waals surface area contributed by atoms with E-state index in [1.165, 1.54) is 0 Å². The third kappa shape index (κ3) is 3.85. The zero-order chi connectivity index (χ0) is 13.7. The standard InChI is InChI=1S/C14H20ClNOS/c1-4-7-17-12-8-9(2)14(15)10(3)11(12)5-6-13(16)18/h8H,4-7H2,1-3H3,(H2,16,18). The number of halogens is 1.